The van der Waals surface area contributed by atoms with Gasteiger partial charge in [-0.25, -0.2) is 0 Å². The molecule has 1 nitrogen and oxygen atoms in total. The molecule has 5 rings (SSSR count). The lowest BCUT2D eigenvalue weighted by atomic mass is 9.83. The van der Waals surface area contributed by atoms with Gasteiger partial charge < -0.3 is 4.74 Å². The van der Waals surface area contributed by atoms with E-state index < -0.39 is 5.60 Å². The fraction of sp³-hybridized carbons (Fsp3) is 0.0400. The van der Waals surface area contributed by atoms with Gasteiger partial charge in [0.1, 0.15) is 5.75 Å². The normalized spacial score (nSPS) is 14.5. The van der Waals surface area contributed by atoms with E-state index in [2.05, 4.69) is 36.4 Å². The quantitative estimate of drug-likeness (QED) is 0.337. The van der Waals surface area contributed by atoms with Crippen LogP contribution in [-0.4, -0.2) is 0 Å². The average molecular weight is 403 g/mol. The van der Waals surface area contributed by atoms with Gasteiger partial charge in [0.2, 0.25) is 0 Å². The van der Waals surface area contributed by atoms with E-state index in [1.54, 1.807) is 0 Å². The van der Waals surface area contributed by atoms with Crippen LogP contribution in [0.2, 0.25) is 10.0 Å². The molecule has 0 spiro atoms. The summed E-state index contributed by atoms with van der Waals surface area (Å²) in [6.45, 7) is 0. The van der Waals surface area contributed by atoms with E-state index in [-0.39, 0.29) is 0 Å². The molecule has 0 aliphatic carbocycles. The zero-order valence-electron chi connectivity index (χ0n) is 14.9. The first-order valence-corrected chi connectivity index (χ1v) is 9.83. The zero-order chi connectivity index (χ0) is 19.1. The van der Waals surface area contributed by atoms with E-state index >= 15 is 0 Å². The molecule has 0 atom stereocenters. The summed E-state index contributed by atoms with van der Waals surface area (Å²) in [5.41, 5.74) is 2.37. The lowest BCUT2D eigenvalue weighted by molar-refractivity contribution is 0.161. The van der Waals surface area contributed by atoms with Gasteiger partial charge in [-0.2, -0.15) is 0 Å². The fourth-order valence-corrected chi connectivity index (χ4v) is 4.07. The molecule has 0 radical (unpaired) electrons. The van der Waals surface area contributed by atoms with Gasteiger partial charge in [-0.1, -0.05) is 77.8 Å². The van der Waals surface area contributed by atoms with Crippen LogP contribution in [0.1, 0.15) is 16.7 Å². The summed E-state index contributed by atoms with van der Waals surface area (Å²) in [5.74, 6) is 0.853. The van der Waals surface area contributed by atoms with E-state index in [0.717, 1.165) is 22.4 Å². The molecule has 0 saturated carbocycles. The molecular formula is C25H16Cl2O. The third kappa shape index (κ3) is 2.79. The van der Waals surface area contributed by atoms with Crippen LogP contribution >= 0.6 is 23.2 Å². The highest BCUT2D eigenvalue weighted by Gasteiger charge is 2.37. The summed E-state index contributed by atoms with van der Waals surface area (Å²) in [5, 5.41) is 3.76. The Balaban J connectivity index is 1.73. The van der Waals surface area contributed by atoms with Gasteiger partial charge in [-0.05, 0) is 53.3 Å². The molecule has 4 aromatic rings. The predicted molar refractivity (Wildman–Crippen MR) is 117 cm³/mol. The van der Waals surface area contributed by atoms with Crippen molar-refractivity contribution in [2.45, 2.75) is 5.60 Å². The van der Waals surface area contributed by atoms with Gasteiger partial charge in [0.15, 0.2) is 5.60 Å². The highest BCUT2D eigenvalue weighted by atomic mass is 35.5. The Morgan fingerprint density at radius 1 is 0.643 bits per heavy atom. The van der Waals surface area contributed by atoms with Crippen molar-refractivity contribution in [2.75, 3.05) is 0 Å². The van der Waals surface area contributed by atoms with E-state index in [4.69, 9.17) is 27.9 Å². The Morgan fingerprint density at radius 3 is 1.89 bits per heavy atom. The van der Waals surface area contributed by atoms with Crippen molar-refractivity contribution in [1.29, 1.82) is 0 Å². The Labute approximate surface area is 173 Å². The van der Waals surface area contributed by atoms with Crippen LogP contribution in [0.4, 0.5) is 0 Å². The molecule has 1 aliphatic heterocycles. The third-order valence-electron chi connectivity index (χ3n) is 5.23. The first-order valence-electron chi connectivity index (χ1n) is 9.08. The van der Waals surface area contributed by atoms with Crippen molar-refractivity contribution < 1.29 is 4.74 Å². The minimum atomic E-state index is -0.745. The van der Waals surface area contributed by atoms with Crippen molar-refractivity contribution in [2.24, 2.45) is 0 Å². The van der Waals surface area contributed by atoms with E-state index in [9.17, 15) is 0 Å². The van der Waals surface area contributed by atoms with E-state index in [1.165, 1.54) is 10.8 Å². The number of hydrogen-bond acceptors (Lipinski definition) is 1. The first-order chi connectivity index (χ1) is 13.7. The van der Waals surface area contributed by atoms with Crippen LogP contribution in [0.5, 0.6) is 5.75 Å². The minimum absolute atomic E-state index is 0.696. The highest BCUT2D eigenvalue weighted by Crippen LogP contribution is 2.44. The number of benzene rings is 4. The standard InChI is InChI=1S/C25H16Cl2O/c26-20-10-6-18(7-11-20)25(19-8-12-21(27)13-9-19)16-15-23-22-4-2-1-3-17(22)5-14-24(23)28-25/h1-16H. The summed E-state index contributed by atoms with van der Waals surface area (Å²) in [6, 6.07) is 28.1. The van der Waals surface area contributed by atoms with Crippen LogP contribution in [-0.2, 0) is 5.60 Å². The summed E-state index contributed by atoms with van der Waals surface area (Å²) >= 11 is 12.3. The molecule has 1 aliphatic rings. The second-order valence-corrected chi connectivity index (χ2v) is 7.76. The molecule has 0 unspecified atom stereocenters. The molecule has 28 heavy (non-hydrogen) atoms. The van der Waals surface area contributed by atoms with Crippen LogP contribution in [0.25, 0.3) is 16.8 Å². The molecule has 0 aromatic heterocycles. The number of halogens is 2. The van der Waals surface area contributed by atoms with Gasteiger partial charge in [0, 0.05) is 26.7 Å². The molecule has 136 valence electrons. The molecule has 3 heteroatoms. The number of hydrogen-bond donors (Lipinski definition) is 0. The lowest BCUT2D eigenvalue weighted by Crippen LogP contribution is -2.34. The van der Waals surface area contributed by atoms with Gasteiger partial charge in [0.25, 0.3) is 0 Å². The molecule has 4 aromatic carbocycles. The van der Waals surface area contributed by atoms with Crippen LogP contribution in [0, 0.1) is 0 Å². The van der Waals surface area contributed by atoms with Crippen molar-refractivity contribution in [3.05, 3.63) is 118 Å². The number of fused-ring (bicyclic) bond motifs is 3. The van der Waals surface area contributed by atoms with Crippen molar-refractivity contribution in [1.82, 2.24) is 0 Å². The SMILES string of the molecule is Clc1ccc(C2(c3ccc(Cl)cc3)C=Cc3c(ccc4ccccc34)O2)cc1. The van der Waals surface area contributed by atoms with E-state index in [0.29, 0.717) is 10.0 Å². The molecule has 1 heterocycles. The lowest BCUT2D eigenvalue weighted by Gasteiger charge is -2.36. The van der Waals surface area contributed by atoms with Gasteiger partial charge in [-0.3, -0.25) is 0 Å². The maximum Gasteiger partial charge on any atom is 0.178 e. The molecule has 0 fully saturated rings. The van der Waals surface area contributed by atoms with Crippen LogP contribution in [0.15, 0.2) is 91.0 Å². The smallest absolute Gasteiger partial charge is 0.178 e. The van der Waals surface area contributed by atoms with Crippen molar-refractivity contribution in [3.63, 3.8) is 0 Å². The van der Waals surface area contributed by atoms with Crippen molar-refractivity contribution >= 4 is 40.1 Å². The van der Waals surface area contributed by atoms with Crippen molar-refractivity contribution in [3.8, 4) is 5.75 Å². The third-order valence-corrected chi connectivity index (χ3v) is 5.74. The largest absolute Gasteiger partial charge is 0.473 e. The van der Waals surface area contributed by atoms with Gasteiger partial charge in [-0.15, -0.1) is 0 Å². The summed E-state index contributed by atoms with van der Waals surface area (Å²) in [4.78, 5) is 0. The highest BCUT2D eigenvalue weighted by molar-refractivity contribution is 6.30. The maximum atomic E-state index is 6.71. The van der Waals surface area contributed by atoms with E-state index in [1.807, 2.05) is 60.7 Å². The minimum Gasteiger partial charge on any atom is -0.473 e. The predicted octanol–water partition coefficient (Wildman–Crippen LogP) is 7.50. The summed E-state index contributed by atoms with van der Waals surface area (Å²) < 4.78 is 6.71. The molecule has 0 saturated heterocycles. The van der Waals surface area contributed by atoms with Gasteiger partial charge >= 0.3 is 0 Å². The molecule has 0 bridgehead atoms. The second kappa shape index (κ2) is 6.70. The Morgan fingerprint density at radius 2 is 1.25 bits per heavy atom. The Bertz CT molecular complexity index is 1150. The van der Waals surface area contributed by atoms with Crippen LogP contribution in [0.3, 0.4) is 0 Å². The topological polar surface area (TPSA) is 9.23 Å². The number of ether oxygens (including phenoxy) is 1. The summed E-state index contributed by atoms with van der Waals surface area (Å²) in [7, 11) is 0. The monoisotopic (exact) mass is 402 g/mol. The Hall–Kier alpha value is -2.74. The molecule has 0 N–H and O–H groups in total. The zero-order valence-corrected chi connectivity index (χ0v) is 16.4. The van der Waals surface area contributed by atoms with Gasteiger partial charge in [0.05, 0.1) is 0 Å². The number of rotatable bonds is 2. The Kier molecular flexibility index (Phi) is 4.16. The maximum absolute atomic E-state index is 6.71. The second-order valence-electron chi connectivity index (χ2n) is 6.88. The van der Waals surface area contributed by atoms with Crippen LogP contribution < -0.4 is 4.74 Å². The average Bonchev–Trinajstić information content (AvgIpc) is 2.74. The first kappa shape index (κ1) is 17.4. The fourth-order valence-electron chi connectivity index (χ4n) is 3.82. The molecular weight excluding hydrogens is 387 g/mol. The molecule has 0 amide bonds. The summed E-state index contributed by atoms with van der Waals surface area (Å²) in [6.07, 6.45) is 4.28.